The van der Waals surface area contributed by atoms with Gasteiger partial charge in [0.05, 0.1) is 21.3 Å². The molecule has 0 radical (unpaired) electrons. The molecule has 0 fully saturated rings. The Kier molecular flexibility index (Phi) is 5.06. The lowest BCUT2D eigenvalue weighted by Crippen LogP contribution is -2.25. The largest absolute Gasteiger partial charge is 0.493 e. The summed E-state index contributed by atoms with van der Waals surface area (Å²) in [5, 5.41) is 0. The molecular formula is C12H20N2O3. The van der Waals surface area contributed by atoms with Crippen molar-refractivity contribution in [1.29, 1.82) is 0 Å². The Bertz CT molecular complexity index is 344. The summed E-state index contributed by atoms with van der Waals surface area (Å²) in [6, 6.07) is 3.85. The van der Waals surface area contributed by atoms with E-state index < -0.39 is 0 Å². The fourth-order valence-corrected chi connectivity index (χ4v) is 1.60. The van der Waals surface area contributed by atoms with Gasteiger partial charge in [-0.05, 0) is 24.7 Å². The van der Waals surface area contributed by atoms with Crippen LogP contribution in [0.4, 0.5) is 0 Å². The average Bonchev–Trinajstić information content (AvgIpc) is 2.37. The highest BCUT2D eigenvalue weighted by molar-refractivity contribution is 5.53. The molecule has 0 amide bonds. The molecule has 1 aromatic carbocycles. The molecule has 17 heavy (non-hydrogen) atoms. The van der Waals surface area contributed by atoms with Crippen LogP contribution >= 0.6 is 0 Å². The second-order valence-corrected chi connectivity index (χ2v) is 3.73. The summed E-state index contributed by atoms with van der Waals surface area (Å²) in [5.74, 6) is 1.92. The molecule has 2 N–H and O–H groups in total. The summed E-state index contributed by atoms with van der Waals surface area (Å²) in [4.78, 5) is 1.99. The van der Waals surface area contributed by atoms with Gasteiger partial charge >= 0.3 is 0 Å². The van der Waals surface area contributed by atoms with Gasteiger partial charge in [-0.3, -0.25) is 4.90 Å². The summed E-state index contributed by atoms with van der Waals surface area (Å²) < 4.78 is 15.8. The van der Waals surface area contributed by atoms with Crippen LogP contribution in [0.15, 0.2) is 12.1 Å². The number of ether oxygens (including phenoxy) is 3. The molecule has 0 saturated heterocycles. The Morgan fingerprint density at radius 3 is 1.94 bits per heavy atom. The Balaban J connectivity index is 3.08. The van der Waals surface area contributed by atoms with Gasteiger partial charge in [0.25, 0.3) is 0 Å². The number of nitrogens with zero attached hydrogens (tertiary/aromatic N) is 1. The Hall–Kier alpha value is -1.46. The van der Waals surface area contributed by atoms with Crippen molar-refractivity contribution < 1.29 is 14.2 Å². The molecule has 0 heterocycles. The van der Waals surface area contributed by atoms with Crippen LogP contribution in [0.5, 0.6) is 17.2 Å². The minimum Gasteiger partial charge on any atom is -0.493 e. The third kappa shape index (κ3) is 3.25. The van der Waals surface area contributed by atoms with E-state index in [1.165, 1.54) is 0 Å². The van der Waals surface area contributed by atoms with Gasteiger partial charge in [-0.15, -0.1) is 0 Å². The van der Waals surface area contributed by atoms with Crippen molar-refractivity contribution in [2.45, 2.75) is 6.54 Å². The van der Waals surface area contributed by atoms with Gasteiger partial charge in [-0.1, -0.05) is 0 Å². The minimum absolute atomic E-state index is 0.497. The summed E-state index contributed by atoms with van der Waals surface area (Å²) in [6.45, 7) is 1.23. The smallest absolute Gasteiger partial charge is 0.203 e. The first-order chi connectivity index (χ1) is 8.15. The normalized spacial score (nSPS) is 10.5. The second kappa shape index (κ2) is 6.32. The van der Waals surface area contributed by atoms with Crippen molar-refractivity contribution in [2.75, 3.05) is 35.0 Å². The van der Waals surface area contributed by atoms with Crippen LogP contribution in [0.1, 0.15) is 5.56 Å². The maximum Gasteiger partial charge on any atom is 0.203 e. The van der Waals surface area contributed by atoms with Crippen LogP contribution in [0.25, 0.3) is 0 Å². The van der Waals surface area contributed by atoms with Crippen molar-refractivity contribution in [2.24, 2.45) is 5.73 Å². The Morgan fingerprint density at radius 2 is 1.59 bits per heavy atom. The molecule has 0 atom stereocenters. The topological polar surface area (TPSA) is 57.0 Å². The fraction of sp³-hybridized carbons (Fsp3) is 0.500. The Morgan fingerprint density at radius 1 is 1.06 bits per heavy atom. The lowest BCUT2D eigenvalue weighted by molar-refractivity contribution is 0.316. The fourth-order valence-electron chi connectivity index (χ4n) is 1.60. The third-order valence-electron chi connectivity index (χ3n) is 2.49. The quantitative estimate of drug-likeness (QED) is 0.753. The molecule has 0 aliphatic rings. The van der Waals surface area contributed by atoms with Crippen molar-refractivity contribution in [3.05, 3.63) is 17.7 Å². The first-order valence-electron chi connectivity index (χ1n) is 5.33. The molecule has 0 aliphatic carbocycles. The Labute approximate surface area is 102 Å². The molecule has 0 bridgehead atoms. The number of hydrogen-bond acceptors (Lipinski definition) is 5. The van der Waals surface area contributed by atoms with Crippen LogP contribution in [-0.2, 0) is 6.54 Å². The summed E-state index contributed by atoms with van der Waals surface area (Å²) >= 11 is 0. The van der Waals surface area contributed by atoms with E-state index in [0.29, 0.717) is 23.9 Å². The molecule has 0 aromatic heterocycles. The zero-order valence-corrected chi connectivity index (χ0v) is 10.8. The first-order valence-corrected chi connectivity index (χ1v) is 5.33. The molecule has 0 saturated carbocycles. The number of rotatable bonds is 6. The van der Waals surface area contributed by atoms with E-state index in [2.05, 4.69) is 0 Å². The van der Waals surface area contributed by atoms with Gasteiger partial charge in [-0.2, -0.15) is 0 Å². The summed E-state index contributed by atoms with van der Waals surface area (Å²) in [6.07, 6.45) is 0. The molecule has 96 valence electrons. The maximum atomic E-state index is 5.56. The first kappa shape index (κ1) is 13.6. The summed E-state index contributed by atoms with van der Waals surface area (Å²) in [7, 11) is 6.75. The van der Waals surface area contributed by atoms with Gasteiger partial charge in [0.15, 0.2) is 11.5 Å². The van der Waals surface area contributed by atoms with Gasteiger partial charge in [0.2, 0.25) is 5.75 Å². The highest BCUT2D eigenvalue weighted by atomic mass is 16.5. The van der Waals surface area contributed by atoms with Crippen molar-refractivity contribution in [1.82, 2.24) is 4.90 Å². The van der Waals surface area contributed by atoms with E-state index in [4.69, 9.17) is 19.9 Å². The number of methoxy groups -OCH3 is 3. The molecule has 1 aromatic rings. The van der Waals surface area contributed by atoms with Crippen LogP contribution in [0.2, 0.25) is 0 Å². The molecule has 1 rings (SSSR count). The van der Waals surface area contributed by atoms with E-state index >= 15 is 0 Å². The minimum atomic E-state index is 0.497. The van der Waals surface area contributed by atoms with Crippen molar-refractivity contribution >= 4 is 0 Å². The van der Waals surface area contributed by atoms with Gasteiger partial charge in [-0.25, -0.2) is 0 Å². The van der Waals surface area contributed by atoms with Crippen LogP contribution in [0, 0.1) is 0 Å². The average molecular weight is 240 g/mol. The van der Waals surface area contributed by atoms with Crippen molar-refractivity contribution in [3.63, 3.8) is 0 Å². The van der Waals surface area contributed by atoms with E-state index in [-0.39, 0.29) is 0 Å². The second-order valence-electron chi connectivity index (χ2n) is 3.73. The predicted octanol–water partition coefficient (Wildman–Crippen LogP) is 1.06. The van der Waals surface area contributed by atoms with Crippen LogP contribution in [0.3, 0.4) is 0 Å². The van der Waals surface area contributed by atoms with Gasteiger partial charge in [0.1, 0.15) is 0 Å². The lowest BCUT2D eigenvalue weighted by atomic mass is 10.1. The SMILES string of the molecule is COc1cc(CN(C)CN)cc(OC)c1OC. The lowest BCUT2D eigenvalue weighted by Gasteiger charge is -2.17. The zero-order valence-electron chi connectivity index (χ0n) is 10.8. The van der Waals surface area contributed by atoms with E-state index in [9.17, 15) is 0 Å². The van der Waals surface area contributed by atoms with Crippen LogP contribution < -0.4 is 19.9 Å². The zero-order chi connectivity index (χ0) is 12.8. The number of benzene rings is 1. The monoisotopic (exact) mass is 240 g/mol. The standard InChI is InChI=1S/C12H20N2O3/c1-14(8-13)7-9-5-10(15-2)12(17-4)11(6-9)16-3/h5-6H,7-8,13H2,1-4H3. The molecule has 0 aliphatic heterocycles. The van der Waals surface area contributed by atoms with Crippen molar-refractivity contribution in [3.8, 4) is 17.2 Å². The van der Waals surface area contributed by atoms with E-state index in [1.807, 2.05) is 24.1 Å². The predicted molar refractivity (Wildman–Crippen MR) is 66.6 cm³/mol. The molecular weight excluding hydrogens is 220 g/mol. The van der Waals surface area contributed by atoms with E-state index in [1.54, 1.807) is 21.3 Å². The molecule has 0 spiro atoms. The molecule has 5 nitrogen and oxygen atoms in total. The summed E-state index contributed by atoms with van der Waals surface area (Å²) in [5.41, 5.74) is 6.62. The number of hydrogen-bond donors (Lipinski definition) is 1. The van der Waals surface area contributed by atoms with Crippen LogP contribution in [-0.4, -0.2) is 39.9 Å². The number of nitrogens with two attached hydrogens (primary N) is 1. The highest BCUT2D eigenvalue weighted by Crippen LogP contribution is 2.38. The van der Waals surface area contributed by atoms with Gasteiger partial charge < -0.3 is 19.9 Å². The maximum absolute atomic E-state index is 5.56. The molecule has 5 heteroatoms. The molecule has 0 unspecified atom stereocenters. The highest BCUT2D eigenvalue weighted by Gasteiger charge is 2.13. The third-order valence-corrected chi connectivity index (χ3v) is 2.49. The van der Waals surface area contributed by atoms with Gasteiger partial charge in [0, 0.05) is 13.2 Å². The van der Waals surface area contributed by atoms with E-state index in [0.717, 1.165) is 12.1 Å².